The molecule has 3 nitrogen and oxygen atoms in total. The zero-order chi connectivity index (χ0) is 15.1. The molecule has 0 amide bonds. The average molecular weight is 417 g/mol. The van der Waals surface area contributed by atoms with Crippen molar-refractivity contribution in [3.8, 4) is 0 Å². The van der Waals surface area contributed by atoms with Crippen molar-refractivity contribution in [2.75, 3.05) is 0 Å². The second kappa shape index (κ2) is 16.4. The lowest BCUT2D eigenvalue weighted by Crippen LogP contribution is -2.12. The summed E-state index contributed by atoms with van der Waals surface area (Å²) in [6, 6.07) is 0. The Morgan fingerprint density at radius 3 is 1.70 bits per heavy atom. The van der Waals surface area contributed by atoms with Crippen LogP contribution in [0.5, 0.6) is 0 Å². The molecule has 1 atom stereocenters. The topological polar surface area (TPSA) is 44.5 Å². The van der Waals surface area contributed by atoms with Crippen molar-refractivity contribution in [2.24, 2.45) is 5.50 Å². The Hall–Kier alpha value is 1.04. The number of nitrogens with two attached hydrogens (primary N) is 1. The van der Waals surface area contributed by atoms with Crippen LogP contribution < -0.4 is 5.50 Å². The van der Waals surface area contributed by atoms with Crippen LogP contribution in [-0.4, -0.2) is 6.10 Å². The van der Waals surface area contributed by atoms with Crippen LogP contribution in [0.4, 0.5) is 0 Å². The van der Waals surface area contributed by atoms with Crippen LogP contribution in [0.3, 0.4) is 0 Å². The van der Waals surface area contributed by atoms with Gasteiger partial charge >= 0.3 is 0 Å². The van der Waals surface area contributed by atoms with Gasteiger partial charge in [0.15, 0.2) is 0 Å². The maximum atomic E-state index is 5.83. The van der Waals surface area contributed by atoms with Crippen molar-refractivity contribution in [3.05, 3.63) is 0 Å². The molecule has 0 aromatic heterocycles. The molecule has 0 aromatic carbocycles. The van der Waals surface area contributed by atoms with Crippen LogP contribution in [-0.2, 0) is 7.38 Å². The summed E-state index contributed by atoms with van der Waals surface area (Å²) >= 11 is 1.84. The van der Waals surface area contributed by atoms with E-state index in [0.717, 1.165) is 12.8 Å². The van der Waals surface area contributed by atoms with Gasteiger partial charge in [0.25, 0.3) is 8.53 Å². The predicted octanol–water partition coefficient (Wildman–Crippen LogP) is 6.64. The van der Waals surface area contributed by atoms with Crippen LogP contribution in [0.2, 0.25) is 0 Å². The van der Waals surface area contributed by atoms with E-state index in [1.807, 2.05) is 23.0 Å². The monoisotopic (exact) mass is 417 g/mol. The summed E-state index contributed by atoms with van der Waals surface area (Å²) in [7, 11) is -1.19. The Morgan fingerprint density at radius 1 is 0.850 bits per heavy atom. The van der Waals surface area contributed by atoms with Crippen molar-refractivity contribution in [3.63, 3.8) is 0 Å². The fraction of sp³-hybridized carbons (Fsp3) is 1.00. The van der Waals surface area contributed by atoms with Gasteiger partial charge in [-0.15, -0.1) is 0 Å². The molecule has 0 aliphatic rings. The van der Waals surface area contributed by atoms with Gasteiger partial charge < -0.3 is 4.52 Å². The van der Waals surface area contributed by atoms with Gasteiger partial charge in [0.1, 0.15) is 23.0 Å². The quantitative estimate of drug-likeness (QED) is 0.184. The van der Waals surface area contributed by atoms with Gasteiger partial charge in [0, 0.05) is 0 Å². The van der Waals surface area contributed by atoms with Crippen molar-refractivity contribution in [2.45, 2.75) is 97.0 Å². The van der Waals surface area contributed by atoms with Gasteiger partial charge in [-0.3, -0.25) is 8.36 Å². The molecule has 0 saturated heterocycles. The summed E-state index contributed by atoms with van der Waals surface area (Å²) in [5.74, 6) is 0. The molecule has 2 N–H and O–H groups in total. The number of hydrogen-bond acceptors (Lipinski definition) is 3. The number of unbranched alkanes of at least 4 members (excludes halogenated alkanes) is 8. The SMILES string of the molecule is CCCCCCCC(CCCCCCC)OP(N)OI. The van der Waals surface area contributed by atoms with Gasteiger partial charge in [-0.1, -0.05) is 78.1 Å². The van der Waals surface area contributed by atoms with Gasteiger partial charge in [-0.25, -0.2) is 0 Å². The van der Waals surface area contributed by atoms with E-state index in [2.05, 4.69) is 13.8 Å². The highest BCUT2D eigenvalue weighted by Crippen LogP contribution is 2.35. The summed E-state index contributed by atoms with van der Waals surface area (Å²) in [6.45, 7) is 4.50. The molecule has 0 aliphatic heterocycles. The third-order valence-corrected chi connectivity index (χ3v) is 5.39. The first-order chi connectivity index (χ1) is 9.74. The van der Waals surface area contributed by atoms with Crippen LogP contribution in [0, 0.1) is 0 Å². The normalized spacial score (nSPS) is 13.1. The molecule has 0 aromatic rings. The third-order valence-electron chi connectivity index (χ3n) is 3.58. The van der Waals surface area contributed by atoms with Gasteiger partial charge in [-0.05, 0) is 12.8 Å². The molecular weight excluding hydrogens is 384 g/mol. The lowest BCUT2D eigenvalue weighted by molar-refractivity contribution is 0.180. The Labute approximate surface area is 141 Å². The fourth-order valence-electron chi connectivity index (χ4n) is 2.36. The Morgan fingerprint density at radius 2 is 1.30 bits per heavy atom. The maximum Gasteiger partial charge on any atom is 0.263 e. The molecule has 0 rings (SSSR count). The molecule has 0 heterocycles. The number of rotatable bonds is 15. The molecule has 0 fully saturated rings. The van der Waals surface area contributed by atoms with Gasteiger partial charge in [0.2, 0.25) is 0 Å². The van der Waals surface area contributed by atoms with E-state index in [0.29, 0.717) is 6.10 Å². The first-order valence-corrected chi connectivity index (χ1v) is 10.4. The summed E-state index contributed by atoms with van der Waals surface area (Å²) in [4.78, 5) is 0. The highest BCUT2D eigenvalue weighted by Gasteiger charge is 2.14. The van der Waals surface area contributed by atoms with E-state index in [1.165, 1.54) is 64.2 Å². The van der Waals surface area contributed by atoms with Crippen molar-refractivity contribution >= 4 is 31.5 Å². The third kappa shape index (κ3) is 14.0. The van der Waals surface area contributed by atoms with Crippen LogP contribution in [0.1, 0.15) is 90.9 Å². The van der Waals surface area contributed by atoms with E-state index in [1.54, 1.807) is 0 Å². The minimum atomic E-state index is -1.19. The van der Waals surface area contributed by atoms with Gasteiger partial charge in [-0.2, -0.15) is 0 Å². The minimum Gasteiger partial charge on any atom is -0.318 e. The second-order valence-electron chi connectivity index (χ2n) is 5.49. The Kier molecular flexibility index (Phi) is 17.3. The molecule has 0 radical (unpaired) electrons. The zero-order valence-electron chi connectivity index (χ0n) is 13.3. The highest BCUT2D eigenvalue weighted by atomic mass is 127. The molecule has 20 heavy (non-hydrogen) atoms. The first kappa shape index (κ1) is 21.0. The molecule has 0 saturated carbocycles. The fourth-order valence-corrected chi connectivity index (χ4v) is 3.18. The summed E-state index contributed by atoms with van der Waals surface area (Å²) < 4.78 is 10.9. The number of halogens is 1. The van der Waals surface area contributed by atoms with E-state index in [9.17, 15) is 0 Å². The van der Waals surface area contributed by atoms with Crippen molar-refractivity contribution in [1.82, 2.24) is 0 Å². The lowest BCUT2D eigenvalue weighted by atomic mass is 10.0. The number of hydrogen-bond donors (Lipinski definition) is 1. The zero-order valence-corrected chi connectivity index (χ0v) is 16.3. The minimum absolute atomic E-state index is 0.295. The molecule has 122 valence electrons. The highest BCUT2D eigenvalue weighted by molar-refractivity contribution is 14.1. The molecule has 0 spiro atoms. The van der Waals surface area contributed by atoms with Crippen molar-refractivity contribution in [1.29, 1.82) is 0 Å². The lowest BCUT2D eigenvalue weighted by Gasteiger charge is -2.19. The van der Waals surface area contributed by atoms with Crippen LogP contribution >= 0.6 is 31.5 Å². The van der Waals surface area contributed by atoms with E-state index < -0.39 is 8.53 Å². The smallest absolute Gasteiger partial charge is 0.263 e. The molecule has 5 heteroatoms. The van der Waals surface area contributed by atoms with Crippen molar-refractivity contribution < 1.29 is 7.38 Å². The summed E-state index contributed by atoms with van der Waals surface area (Å²) in [5, 5.41) is 0. The predicted molar refractivity (Wildman–Crippen MR) is 97.8 cm³/mol. The molecular formula is C15H33INO2P. The van der Waals surface area contributed by atoms with Crippen LogP contribution in [0.15, 0.2) is 0 Å². The van der Waals surface area contributed by atoms with E-state index in [4.69, 9.17) is 12.9 Å². The van der Waals surface area contributed by atoms with Crippen LogP contribution in [0.25, 0.3) is 0 Å². The van der Waals surface area contributed by atoms with E-state index >= 15 is 0 Å². The molecule has 1 unspecified atom stereocenters. The standard InChI is InChI=1S/C15H33INO2P/c1-3-5-7-9-11-13-15(18-20(17)19-16)14-12-10-8-6-4-2/h15H,3-14,17H2,1-2H3. The first-order valence-electron chi connectivity index (χ1n) is 8.24. The molecule has 0 bridgehead atoms. The largest absolute Gasteiger partial charge is 0.318 e. The maximum absolute atomic E-state index is 5.83. The Balaban J connectivity index is 3.76. The summed E-state index contributed by atoms with van der Waals surface area (Å²) in [6.07, 6.45) is 15.7. The average Bonchev–Trinajstić information content (AvgIpc) is 2.46. The van der Waals surface area contributed by atoms with E-state index in [-0.39, 0.29) is 0 Å². The summed E-state index contributed by atoms with van der Waals surface area (Å²) in [5.41, 5.74) is 5.79. The second-order valence-corrected chi connectivity index (χ2v) is 7.59. The molecule has 0 aliphatic carbocycles. The van der Waals surface area contributed by atoms with Gasteiger partial charge in [0.05, 0.1) is 6.10 Å². The Bertz CT molecular complexity index is 185.